The number of hydrogen-bond donors (Lipinski definition) is 1. The Morgan fingerprint density at radius 3 is 2.65 bits per heavy atom. The summed E-state index contributed by atoms with van der Waals surface area (Å²) < 4.78 is 18.2. The van der Waals surface area contributed by atoms with Crippen LogP contribution in [-0.2, 0) is 9.59 Å². The zero-order chi connectivity index (χ0) is 30.9. The molecule has 6 rings (SSSR count). The van der Waals surface area contributed by atoms with Crippen molar-refractivity contribution in [3.05, 3.63) is 70.6 Å². The minimum atomic E-state index is -0.793. The molecule has 1 fully saturated rings. The molecule has 43 heavy (non-hydrogen) atoms. The highest BCUT2D eigenvalue weighted by Crippen LogP contribution is 2.45. The maximum Gasteiger partial charge on any atom is 0.284 e. The van der Waals surface area contributed by atoms with Gasteiger partial charge in [-0.1, -0.05) is 24.2 Å². The molecule has 0 saturated carbocycles. The number of carbonyl (C=O) groups excluding carboxylic acids is 2. The van der Waals surface area contributed by atoms with Gasteiger partial charge in [0, 0.05) is 31.1 Å². The van der Waals surface area contributed by atoms with Crippen molar-refractivity contribution < 1.29 is 19.1 Å². The molecule has 0 aliphatic carbocycles. The van der Waals surface area contributed by atoms with Crippen molar-refractivity contribution in [2.45, 2.75) is 38.9 Å². The molecule has 0 bridgehead atoms. The molecule has 0 spiro atoms. The molecular weight excluding hydrogens is 577 g/mol. The summed E-state index contributed by atoms with van der Waals surface area (Å²) in [6.07, 6.45) is 4.31. The van der Waals surface area contributed by atoms with Gasteiger partial charge in [-0.3, -0.25) is 14.4 Å². The molecule has 2 amide bonds. The fourth-order valence-electron chi connectivity index (χ4n) is 6.12. The van der Waals surface area contributed by atoms with Crippen LogP contribution in [0.15, 0.2) is 54.2 Å². The van der Waals surface area contributed by atoms with Crippen LogP contribution in [-0.4, -0.2) is 73.1 Å². The highest BCUT2D eigenvalue weighted by molar-refractivity contribution is 6.34. The number of amides is 2. The average molecular weight is 606 g/mol. The number of hydrogen-bond acceptors (Lipinski definition) is 7. The topological polar surface area (TPSA) is 117 Å². The summed E-state index contributed by atoms with van der Waals surface area (Å²) in [7, 11) is 1.52. The highest BCUT2D eigenvalue weighted by Gasteiger charge is 2.46. The van der Waals surface area contributed by atoms with Crippen molar-refractivity contribution >= 4 is 45.8 Å². The van der Waals surface area contributed by atoms with Crippen molar-refractivity contribution in [1.29, 1.82) is 0 Å². The Morgan fingerprint density at radius 1 is 1.23 bits per heavy atom. The lowest BCUT2D eigenvalue weighted by atomic mass is 9.97. The third-order valence-electron chi connectivity index (χ3n) is 8.10. The van der Waals surface area contributed by atoms with E-state index in [1.807, 2.05) is 25.7 Å². The summed E-state index contributed by atoms with van der Waals surface area (Å²) in [5.74, 6) is -1.38. The van der Waals surface area contributed by atoms with Gasteiger partial charge in [0.2, 0.25) is 5.91 Å². The lowest BCUT2D eigenvalue weighted by Crippen LogP contribution is -2.66. The van der Waals surface area contributed by atoms with E-state index in [0.29, 0.717) is 16.9 Å². The van der Waals surface area contributed by atoms with Gasteiger partial charge in [0.25, 0.3) is 11.5 Å². The maximum atomic E-state index is 15.1. The first-order valence-electron chi connectivity index (χ1n) is 13.7. The Bertz CT molecular complexity index is 1880. The smallest absolute Gasteiger partial charge is 0.284 e. The normalized spacial score (nSPS) is 18.3. The summed E-state index contributed by atoms with van der Waals surface area (Å²) >= 11 is 6.77. The van der Waals surface area contributed by atoms with E-state index in [-0.39, 0.29) is 70.4 Å². The molecule has 0 radical (unpaired) electrons. The number of benzene rings is 1. The standard InChI is InChI=1S/C30H29ClFN7O4/c1-6-23(41)36-12-16(4)38-20(13-36)29(42)35(5)27-26(38)17-10-18(31)25(24-19(32)8-7-9-21(24)40)34-28(17)39(30(27)43)22-11-33-14-37(22)15(2)3/h6-11,14-16,20,40H,1,12-13H2,2-5H3/t16-,20+/m0/s1. The number of piperazine rings is 1. The number of imidazole rings is 1. The number of likely N-dealkylation sites (N-methyl/N-ethyl adjacent to an activating group) is 1. The van der Waals surface area contributed by atoms with Gasteiger partial charge in [-0.25, -0.2) is 18.9 Å². The van der Waals surface area contributed by atoms with Crippen molar-refractivity contribution in [3.8, 4) is 22.8 Å². The number of carbonyl (C=O) groups is 2. The number of anilines is 2. The van der Waals surface area contributed by atoms with Crippen LogP contribution in [0.1, 0.15) is 26.8 Å². The lowest BCUT2D eigenvalue weighted by Gasteiger charge is -2.50. The van der Waals surface area contributed by atoms with Crippen molar-refractivity contribution in [3.63, 3.8) is 0 Å². The summed E-state index contributed by atoms with van der Waals surface area (Å²) in [5.41, 5.74) is -0.143. The number of pyridine rings is 2. The van der Waals surface area contributed by atoms with Crippen LogP contribution >= 0.6 is 11.6 Å². The molecule has 2 aliphatic rings. The molecule has 11 nitrogen and oxygen atoms in total. The molecule has 1 aromatic carbocycles. The van der Waals surface area contributed by atoms with Crippen LogP contribution in [0.5, 0.6) is 5.75 Å². The molecule has 2 atom stereocenters. The molecule has 2 aliphatic heterocycles. The summed E-state index contributed by atoms with van der Waals surface area (Å²) in [6.45, 7) is 9.67. The summed E-state index contributed by atoms with van der Waals surface area (Å²) in [5, 5.41) is 11.0. The minimum absolute atomic E-state index is 0.0295. The van der Waals surface area contributed by atoms with Crippen molar-refractivity contribution in [2.75, 3.05) is 29.9 Å². The van der Waals surface area contributed by atoms with E-state index >= 15 is 4.39 Å². The van der Waals surface area contributed by atoms with E-state index in [1.54, 1.807) is 21.9 Å². The highest BCUT2D eigenvalue weighted by atomic mass is 35.5. The van der Waals surface area contributed by atoms with Crippen LogP contribution in [0, 0.1) is 5.82 Å². The molecule has 1 N–H and O–H groups in total. The summed E-state index contributed by atoms with van der Waals surface area (Å²) in [4.78, 5) is 54.6. The second-order valence-corrected chi connectivity index (χ2v) is 11.4. The van der Waals surface area contributed by atoms with Crippen molar-refractivity contribution in [1.82, 2.24) is 24.0 Å². The van der Waals surface area contributed by atoms with Crippen LogP contribution in [0.2, 0.25) is 5.02 Å². The lowest BCUT2D eigenvalue weighted by molar-refractivity contribution is -0.129. The van der Waals surface area contributed by atoms with Crippen LogP contribution < -0.4 is 15.4 Å². The number of halogens is 2. The van der Waals surface area contributed by atoms with Crippen molar-refractivity contribution in [2.24, 2.45) is 0 Å². The van der Waals surface area contributed by atoms with Gasteiger partial charge in [-0.15, -0.1) is 0 Å². The minimum Gasteiger partial charge on any atom is -0.507 e. The van der Waals surface area contributed by atoms with E-state index < -0.39 is 17.4 Å². The molecule has 5 heterocycles. The predicted octanol–water partition coefficient (Wildman–Crippen LogP) is 3.90. The Hall–Kier alpha value is -4.71. The quantitative estimate of drug-likeness (QED) is 0.351. The van der Waals surface area contributed by atoms with Gasteiger partial charge in [-0.2, -0.15) is 0 Å². The molecule has 222 valence electrons. The molecule has 4 aromatic rings. The fourth-order valence-corrected chi connectivity index (χ4v) is 6.37. The first kappa shape index (κ1) is 28.4. The number of nitrogens with zero attached hydrogens (tertiary/aromatic N) is 7. The van der Waals surface area contributed by atoms with Crippen LogP contribution in [0.4, 0.5) is 15.8 Å². The zero-order valence-electron chi connectivity index (χ0n) is 24.0. The maximum absolute atomic E-state index is 15.1. The third-order valence-corrected chi connectivity index (χ3v) is 8.38. The monoisotopic (exact) mass is 605 g/mol. The van der Waals surface area contributed by atoms with Gasteiger partial charge in [0.1, 0.15) is 29.1 Å². The Morgan fingerprint density at radius 2 is 1.98 bits per heavy atom. The van der Waals surface area contributed by atoms with E-state index in [9.17, 15) is 19.5 Å². The Kier molecular flexibility index (Phi) is 6.76. The number of phenolic OH excluding ortho intramolecular Hbond substituents is 1. The second-order valence-electron chi connectivity index (χ2n) is 11.0. The number of aromatic nitrogens is 4. The fraction of sp³-hybridized carbons (Fsp3) is 0.300. The number of rotatable bonds is 4. The van der Waals surface area contributed by atoms with Gasteiger partial charge in [0.05, 0.1) is 41.0 Å². The second kappa shape index (κ2) is 10.2. The Labute approximate surface area is 251 Å². The SMILES string of the molecule is C=CC(=O)N1C[C@@H]2C(=O)N(C)c3c(c4cc(Cl)c(-c5c(O)cccc5F)nc4n(-c4cncn4C(C)C)c3=O)N2[C@@H](C)C1. The van der Waals surface area contributed by atoms with E-state index in [2.05, 4.69) is 11.6 Å². The van der Waals surface area contributed by atoms with Crippen LogP contribution in [0.3, 0.4) is 0 Å². The molecular formula is C30H29ClFN7O4. The molecule has 0 unspecified atom stereocenters. The van der Waals surface area contributed by atoms with E-state index in [4.69, 9.17) is 16.6 Å². The van der Waals surface area contributed by atoms with Gasteiger partial charge in [0.15, 0.2) is 5.65 Å². The number of fused-ring (bicyclic) bond motifs is 5. The number of aromatic hydroxyl groups is 1. The first-order chi connectivity index (χ1) is 20.5. The molecule has 3 aromatic heterocycles. The number of phenols is 1. The predicted molar refractivity (Wildman–Crippen MR) is 161 cm³/mol. The van der Waals surface area contributed by atoms with Gasteiger partial charge < -0.3 is 24.4 Å². The first-order valence-corrected chi connectivity index (χ1v) is 14.1. The molecule has 1 saturated heterocycles. The Balaban J connectivity index is 1.73. The molecule has 13 heteroatoms. The van der Waals surface area contributed by atoms with Crippen LogP contribution in [0.25, 0.3) is 28.1 Å². The summed E-state index contributed by atoms with van der Waals surface area (Å²) in [6, 6.07) is 4.17. The van der Waals surface area contributed by atoms with Gasteiger partial charge >= 0.3 is 0 Å². The third kappa shape index (κ3) is 4.19. The van der Waals surface area contributed by atoms with Gasteiger partial charge in [-0.05, 0) is 45.0 Å². The zero-order valence-corrected chi connectivity index (χ0v) is 24.7. The van der Waals surface area contributed by atoms with E-state index in [1.165, 1.54) is 47.0 Å². The average Bonchev–Trinajstić information content (AvgIpc) is 3.45. The van der Waals surface area contributed by atoms with E-state index in [0.717, 1.165) is 0 Å². The largest absolute Gasteiger partial charge is 0.507 e.